The lowest BCUT2D eigenvalue weighted by atomic mass is 9.98. The summed E-state index contributed by atoms with van der Waals surface area (Å²) in [7, 11) is 0. The zero-order chi connectivity index (χ0) is 37.7. The van der Waals surface area contributed by atoms with Crippen molar-refractivity contribution in [2.45, 2.75) is 0 Å². The Bertz CT molecular complexity index is 3270. The second-order valence-electron chi connectivity index (χ2n) is 14.2. The third kappa shape index (κ3) is 5.81. The van der Waals surface area contributed by atoms with Gasteiger partial charge in [0.1, 0.15) is 11.2 Å². The SMILES string of the molecule is c1ccc(-c2cccc(-c3nc(-c4ccccc4)nc(-c4ccc(-c5ccc(-c6nc7c8ccccc8ccc7c7oc8ccccc8c67)cc5)cc4)n3)c2)cc1. The van der Waals surface area contributed by atoms with E-state index in [1.54, 1.807) is 0 Å². The van der Waals surface area contributed by atoms with Gasteiger partial charge in [-0.1, -0.05) is 176 Å². The molecule has 0 N–H and O–H groups in total. The second-order valence-corrected chi connectivity index (χ2v) is 14.2. The zero-order valence-electron chi connectivity index (χ0n) is 30.7. The largest absolute Gasteiger partial charge is 0.455 e. The summed E-state index contributed by atoms with van der Waals surface area (Å²) in [6.07, 6.45) is 0. The van der Waals surface area contributed by atoms with Crippen molar-refractivity contribution in [1.29, 1.82) is 0 Å². The van der Waals surface area contributed by atoms with Gasteiger partial charge in [0.2, 0.25) is 0 Å². The van der Waals surface area contributed by atoms with Crippen LogP contribution < -0.4 is 0 Å². The topological polar surface area (TPSA) is 64.7 Å². The third-order valence-corrected chi connectivity index (χ3v) is 10.7. The highest BCUT2D eigenvalue weighted by Gasteiger charge is 2.19. The van der Waals surface area contributed by atoms with Crippen LogP contribution in [-0.4, -0.2) is 19.9 Å². The number of benzene rings is 8. The van der Waals surface area contributed by atoms with Gasteiger partial charge in [0.15, 0.2) is 17.5 Å². The number of aromatic nitrogens is 4. The molecular weight excluding hydrogens is 697 g/mol. The van der Waals surface area contributed by atoms with Crippen LogP contribution in [-0.2, 0) is 0 Å². The maximum absolute atomic E-state index is 6.55. The quantitative estimate of drug-likeness (QED) is 0.160. The van der Waals surface area contributed by atoms with Crippen molar-refractivity contribution in [3.63, 3.8) is 0 Å². The van der Waals surface area contributed by atoms with E-state index in [1.807, 2.05) is 48.5 Å². The van der Waals surface area contributed by atoms with Crippen molar-refractivity contribution >= 4 is 43.6 Å². The van der Waals surface area contributed by atoms with Gasteiger partial charge in [-0.2, -0.15) is 0 Å². The Morgan fingerprint density at radius 1 is 0.316 bits per heavy atom. The molecular formula is C52H32N4O. The lowest BCUT2D eigenvalue weighted by molar-refractivity contribution is 0.672. The minimum Gasteiger partial charge on any atom is -0.455 e. The number of hydrogen-bond acceptors (Lipinski definition) is 5. The summed E-state index contributed by atoms with van der Waals surface area (Å²) in [6.45, 7) is 0. The molecule has 0 saturated carbocycles. The van der Waals surface area contributed by atoms with Crippen molar-refractivity contribution in [2.24, 2.45) is 0 Å². The summed E-state index contributed by atoms with van der Waals surface area (Å²) in [5.41, 5.74) is 11.8. The highest BCUT2D eigenvalue weighted by molar-refractivity contribution is 6.22. The summed E-state index contributed by atoms with van der Waals surface area (Å²) in [6, 6.07) is 66.9. The van der Waals surface area contributed by atoms with Crippen molar-refractivity contribution in [3.8, 4) is 67.7 Å². The molecule has 0 spiro atoms. The standard InChI is InChI=1S/C52H32N4O/c1-3-12-33(13-4-1)40-17-11-18-41(32-40)52-55-50(38-15-5-2-6-16-38)54-51(56-52)39-28-24-35(25-29-39)34-22-26-37(27-23-34)47-46-43-20-9-10-21-45(43)57-49(46)44-31-30-36-14-7-8-19-42(36)48(44)53-47/h1-32H. The van der Waals surface area contributed by atoms with E-state index in [9.17, 15) is 0 Å². The van der Waals surface area contributed by atoms with E-state index in [0.29, 0.717) is 17.5 Å². The number of fused-ring (bicyclic) bond motifs is 7. The minimum atomic E-state index is 0.622. The zero-order valence-corrected chi connectivity index (χ0v) is 30.7. The monoisotopic (exact) mass is 728 g/mol. The van der Waals surface area contributed by atoms with Crippen LogP contribution in [0.2, 0.25) is 0 Å². The van der Waals surface area contributed by atoms with Gasteiger partial charge < -0.3 is 4.42 Å². The fraction of sp³-hybridized carbons (Fsp3) is 0. The van der Waals surface area contributed by atoms with Crippen LogP contribution in [0.1, 0.15) is 0 Å². The maximum Gasteiger partial charge on any atom is 0.164 e. The van der Waals surface area contributed by atoms with Crippen LogP contribution in [0.3, 0.4) is 0 Å². The van der Waals surface area contributed by atoms with Gasteiger partial charge in [0.05, 0.1) is 16.6 Å². The molecule has 0 atom stereocenters. The first kappa shape index (κ1) is 32.7. The molecule has 0 saturated heterocycles. The van der Waals surface area contributed by atoms with Gasteiger partial charge in [-0.25, -0.2) is 19.9 Å². The highest BCUT2D eigenvalue weighted by Crippen LogP contribution is 2.41. The molecule has 3 aromatic heterocycles. The Labute approximate surface area is 328 Å². The Hall–Kier alpha value is -7.76. The molecule has 0 radical (unpaired) electrons. The van der Waals surface area contributed by atoms with Crippen molar-refractivity contribution in [2.75, 3.05) is 0 Å². The highest BCUT2D eigenvalue weighted by atomic mass is 16.3. The first-order valence-electron chi connectivity index (χ1n) is 19.0. The van der Waals surface area contributed by atoms with E-state index in [0.717, 1.165) is 93.8 Å². The summed E-state index contributed by atoms with van der Waals surface area (Å²) in [4.78, 5) is 20.3. The van der Waals surface area contributed by atoms with Crippen LogP contribution in [0.5, 0.6) is 0 Å². The molecule has 5 heteroatoms. The second kappa shape index (κ2) is 13.5. The fourth-order valence-corrected chi connectivity index (χ4v) is 7.86. The first-order valence-corrected chi connectivity index (χ1v) is 19.0. The van der Waals surface area contributed by atoms with E-state index < -0.39 is 0 Å². The molecule has 0 bridgehead atoms. The van der Waals surface area contributed by atoms with Crippen LogP contribution in [0.15, 0.2) is 199 Å². The van der Waals surface area contributed by atoms with E-state index in [1.165, 1.54) is 0 Å². The van der Waals surface area contributed by atoms with Gasteiger partial charge in [-0.3, -0.25) is 0 Å². The normalized spacial score (nSPS) is 11.5. The molecule has 0 aliphatic heterocycles. The average molecular weight is 729 g/mol. The van der Waals surface area contributed by atoms with E-state index in [2.05, 4.69) is 146 Å². The lowest BCUT2D eigenvalue weighted by Gasteiger charge is -2.11. The molecule has 0 aliphatic carbocycles. The average Bonchev–Trinajstić information content (AvgIpc) is 3.69. The smallest absolute Gasteiger partial charge is 0.164 e. The Morgan fingerprint density at radius 3 is 1.54 bits per heavy atom. The molecule has 3 heterocycles. The summed E-state index contributed by atoms with van der Waals surface area (Å²) in [5, 5.41) is 5.37. The molecule has 0 fully saturated rings. The van der Waals surface area contributed by atoms with Crippen molar-refractivity contribution in [1.82, 2.24) is 19.9 Å². The van der Waals surface area contributed by atoms with Crippen LogP contribution in [0.25, 0.3) is 111 Å². The molecule has 8 aromatic carbocycles. The van der Waals surface area contributed by atoms with Gasteiger partial charge in [0.25, 0.3) is 0 Å². The fourth-order valence-electron chi connectivity index (χ4n) is 7.86. The molecule has 57 heavy (non-hydrogen) atoms. The molecule has 11 aromatic rings. The van der Waals surface area contributed by atoms with Gasteiger partial charge in [-0.05, 0) is 45.8 Å². The van der Waals surface area contributed by atoms with Crippen LogP contribution in [0.4, 0.5) is 0 Å². The number of para-hydroxylation sites is 1. The maximum atomic E-state index is 6.55. The first-order chi connectivity index (χ1) is 28.2. The Morgan fingerprint density at radius 2 is 0.825 bits per heavy atom. The number of hydrogen-bond donors (Lipinski definition) is 0. The number of nitrogens with zero attached hydrogens (tertiary/aromatic N) is 4. The molecule has 0 amide bonds. The summed E-state index contributed by atoms with van der Waals surface area (Å²) < 4.78 is 6.55. The van der Waals surface area contributed by atoms with E-state index in [-0.39, 0.29) is 0 Å². The van der Waals surface area contributed by atoms with Gasteiger partial charge in [0, 0.05) is 38.4 Å². The predicted octanol–water partition coefficient (Wildman–Crippen LogP) is 13.5. The lowest BCUT2D eigenvalue weighted by Crippen LogP contribution is -2.00. The predicted molar refractivity (Wildman–Crippen MR) is 233 cm³/mol. The number of rotatable bonds is 6. The Balaban J connectivity index is 0.970. The van der Waals surface area contributed by atoms with Gasteiger partial charge in [-0.15, -0.1) is 0 Å². The third-order valence-electron chi connectivity index (χ3n) is 10.7. The molecule has 0 aliphatic rings. The summed E-state index contributed by atoms with van der Waals surface area (Å²) >= 11 is 0. The van der Waals surface area contributed by atoms with Crippen molar-refractivity contribution < 1.29 is 4.42 Å². The van der Waals surface area contributed by atoms with Crippen molar-refractivity contribution in [3.05, 3.63) is 194 Å². The minimum absolute atomic E-state index is 0.622. The van der Waals surface area contributed by atoms with E-state index in [4.69, 9.17) is 24.4 Å². The number of furan rings is 1. The summed E-state index contributed by atoms with van der Waals surface area (Å²) in [5.74, 6) is 1.89. The molecule has 0 unspecified atom stereocenters. The molecule has 11 rings (SSSR count). The van der Waals surface area contributed by atoms with Crippen LogP contribution in [0, 0.1) is 0 Å². The van der Waals surface area contributed by atoms with Gasteiger partial charge >= 0.3 is 0 Å². The Kier molecular flexibility index (Phi) is 7.74. The molecule has 5 nitrogen and oxygen atoms in total. The van der Waals surface area contributed by atoms with Crippen LogP contribution >= 0.6 is 0 Å². The van der Waals surface area contributed by atoms with E-state index >= 15 is 0 Å². The number of pyridine rings is 1. The molecule has 266 valence electrons.